The van der Waals surface area contributed by atoms with Crippen LogP contribution in [-0.4, -0.2) is 10.9 Å². The average molecular weight is 311 g/mol. The number of aromatic nitrogens is 1. The number of nitrogens with zero attached hydrogens (tertiary/aromatic N) is 1. The minimum atomic E-state index is -0.102. The Morgan fingerprint density at radius 2 is 2.06 bits per heavy atom. The summed E-state index contributed by atoms with van der Waals surface area (Å²) in [4.78, 5) is 16.9. The molecule has 88 valence electrons. The maximum atomic E-state index is 11.9. The monoisotopic (exact) mass is 310 g/mol. The van der Waals surface area contributed by atoms with Crippen LogP contribution in [0.3, 0.4) is 0 Å². The summed E-state index contributed by atoms with van der Waals surface area (Å²) in [6.07, 6.45) is 0. The number of pyridine rings is 1. The van der Waals surface area contributed by atoms with Crippen molar-refractivity contribution in [3.8, 4) is 0 Å². The van der Waals surface area contributed by atoms with Crippen LogP contribution < -0.4 is 5.32 Å². The summed E-state index contributed by atoms with van der Waals surface area (Å²) >= 11 is 4.74. The summed E-state index contributed by atoms with van der Waals surface area (Å²) in [5.74, 6) is -0.102. The van der Waals surface area contributed by atoms with E-state index in [0.29, 0.717) is 4.88 Å². The van der Waals surface area contributed by atoms with Gasteiger partial charge in [0.1, 0.15) is 0 Å². The zero-order valence-electron chi connectivity index (χ0n) is 9.45. The molecule has 0 unspecified atom stereocenters. The molecule has 1 N–H and O–H groups in total. The predicted molar refractivity (Wildman–Crippen MR) is 73.7 cm³/mol. The fourth-order valence-electron chi connectivity index (χ4n) is 1.44. The summed E-state index contributed by atoms with van der Waals surface area (Å²) < 4.78 is 0.946. The molecule has 2 rings (SSSR count). The highest BCUT2D eigenvalue weighted by molar-refractivity contribution is 9.11. The highest BCUT2D eigenvalue weighted by atomic mass is 79.9. The lowest BCUT2D eigenvalue weighted by Crippen LogP contribution is -2.11. The molecule has 5 heteroatoms. The number of halogens is 1. The topological polar surface area (TPSA) is 42.0 Å². The zero-order chi connectivity index (χ0) is 12.4. The normalized spacial score (nSPS) is 10.3. The van der Waals surface area contributed by atoms with Crippen molar-refractivity contribution in [2.75, 3.05) is 5.32 Å². The summed E-state index contributed by atoms with van der Waals surface area (Å²) in [5.41, 5.74) is 2.53. The highest BCUT2D eigenvalue weighted by Crippen LogP contribution is 2.23. The lowest BCUT2D eigenvalue weighted by atomic mass is 10.2. The number of carbonyl (C=O) groups excluding carboxylic acids is 1. The lowest BCUT2D eigenvalue weighted by molar-refractivity contribution is 0.103. The van der Waals surface area contributed by atoms with E-state index in [1.54, 1.807) is 6.07 Å². The highest BCUT2D eigenvalue weighted by Gasteiger charge is 2.10. The first-order valence-corrected chi connectivity index (χ1v) is 6.68. The quantitative estimate of drug-likeness (QED) is 0.917. The fraction of sp³-hybridized carbons (Fsp3) is 0.167. The van der Waals surface area contributed by atoms with E-state index in [4.69, 9.17) is 0 Å². The standard InChI is InChI=1S/C12H11BrN2OS/c1-7-3-4-9(8(2)14-7)15-12(16)10-5-6-11(13)17-10/h3-6H,1-2H3,(H,15,16). The van der Waals surface area contributed by atoms with Crippen molar-refractivity contribution in [3.63, 3.8) is 0 Å². The molecule has 0 aliphatic rings. The van der Waals surface area contributed by atoms with Gasteiger partial charge in [-0.2, -0.15) is 0 Å². The first kappa shape index (κ1) is 12.3. The third-order valence-corrected chi connectivity index (χ3v) is 3.89. The summed E-state index contributed by atoms with van der Waals surface area (Å²) in [7, 11) is 0. The van der Waals surface area contributed by atoms with Gasteiger partial charge in [0.2, 0.25) is 0 Å². The van der Waals surface area contributed by atoms with Crippen LogP contribution in [0.15, 0.2) is 28.1 Å². The molecule has 0 atom stereocenters. The number of thiophene rings is 1. The van der Waals surface area contributed by atoms with E-state index in [9.17, 15) is 4.79 Å². The van der Waals surface area contributed by atoms with Crippen molar-refractivity contribution in [2.45, 2.75) is 13.8 Å². The Morgan fingerprint density at radius 1 is 1.29 bits per heavy atom. The maximum absolute atomic E-state index is 11.9. The van der Waals surface area contributed by atoms with Gasteiger partial charge in [0.05, 0.1) is 20.0 Å². The first-order chi connectivity index (χ1) is 8.06. The molecule has 2 aromatic heterocycles. The fourth-order valence-corrected chi connectivity index (χ4v) is 2.72. The number of anilines is 1. The van der Waals surface area contributed by atoms with Crippen LogP contribution in [0, 0.1) is 13.8 Å². The molecule has 0 aliphatic heterocycles. The largest absolute Gasteiger partial charge is 0.320 e. The molecule has 3 nitrogen and oxygen atoms in total. The molecule has 2 aromatic rings. The molecule has 1 amide bonds. The first-order valence-electron chi connectivity index (χ1n) is 5.07. The van der Waals surface area contributed by atoms with Crippen molar-refractivity contribution < 1.29 is 4.79 Å². The number of nitrogens with one attached hydrogen (secondary N) is 1. The molecule has 17 heavy (non-hydrogen) atoms. The summed E-state index contributed by atoms with van der Waals surface area (Å²) in [6.45, 7) is 3.81. The molecule has 0 saturated carbocycles. The predicted octanol–water partition coefficient (Wildman–Crippen LogP) is 3.77. The van der Waals surface area contributed by atoms with Gasteiger partial charge in [-0.05, 0) is 54.0 Å². The van der Waals surface area contributed by atoms with Crippen LogP contribution in [0.25, 0.3) is 0 Å². The van der Waals surface area contributed by atoms with Crippen molar-refractivity contribution in [2.24, 2.45) is 0 Å². The Labute approximate surface area is 112 Å². The van der Waals surface area contributed by atoms with Crippen molar-refractivity contribution >= 4 is 38.9 Å². The van der Waals surface area contributed by atoms with E-state index >= 15 is 0 Å². The Balaban J connectivity index is 2.18. The number of rotatable bonds is 2. The molecule has 0 fully saturated rings. The molecule has 0 aliphatic carbocycles. The smallest absolute Gasteiger partial charge is 0.265 e. The zero-order valence-corrected chi connectivity index (χ0v) is 11.9. The number of hydrogen-bond donors (Lipinski definition) is 1. The molecule has 0 bridgehead atoms. The Hall–Kier alpha value is -1.20. The van der Waals surface area contributed by atoms with Crippen LogP contribution in [0.5, 0.6) is 0 Å². The van der Waals surface area contributed by atoms with Crippen molar-refractivity contribution in [3.05, 3.63) is 44.3 Å². The summed E-state index contributed by atoms with van der Waals surface area (Å²) in [5, 5.41) is 2.86. The molecular formula is C12H11BrN2OS. The van der Waals surface area contributed by atoms with Crippen LogP contribution in [-0.2, 0) is 0 Å². The van der Waals surface area contributed by atoms with Gasteiger partial charge in [-0.1, -0.05) is 0 Å². The van der Waals surface area contributed by atoms with E-state index in [-0.39, 0.29) is 5.91 Å². The average Bonchev–Trinajstić information content (AvgIpc) is 2.69. The third kappa shape index (κ3) is 2.92. The Kier molecular flexibility index (Phi) is 3.59. The second kappa shape index (κ2) is 4.98. The van der Waals surface area contributed by atoms with E-state index in [1.165, 1.54) is 11.3 Å². The Morgan fingerprint density at radius 3 is 2.65 bits per heavy atom. The van der Waals surface area contributed by atoms with Gasteiger partial charge in [0.25, 0.3) is 5.91 Å². The van der Waals surface area contributed by atoms with Gasteiger partial charge in [0, 0.05) is 5.69 Å². The molecule has 0 aromatic carbocycles. The second-order valence-corrected chi connectivity index (χ2v) is 6.11. The van der Waals surface area contributed by atoms with Crippen molar-refractivity contribution in [1.82, 2.24) is 4.98 Å². The second-order valence-electron chi connectivity index (χ2n) is 3.64. The lowest BCUT2D eigenvalue weighted by Gasteiger charge is -2.06. The van der Waals surface area contributed by atoms with E-state index in [0.717, 1.165) is 20.9 Å². The van der Waals surface area contributed by atoms with Gasteiger partial charge >= 0.3 is 0 Å². The van der Waals surface area contributed by atoms with Gasteiger partial charge in [0.15, 0.2) is 0 Å². The van der Waals surface area contributed by atoms with Crippen molar-refractivity contribution in [1.29, 1.82) is 0 Å². The van der Waals surface area contributed by atoms with Gasteiger partial charge in [-0.3, -0.25) is 9.78 Å². The number of hydrogen-bond acceptors (Lipinski definition) is 3. The number of aryl methyl sites for hydroxylation is 2. The van der Waals surface area contributed by atoms with Gasteiger partial charge in [-0.25, -0.2) is 0 Å². The maximum Gasteiger partial charge on any atom is 0.265 e. The summed E-state index contributed by atoms with van der Waals surface area (Å²) in [6, 6.07) is 7.41. The third-order valence-electron chi connectivity index (χ3n) is 2.27. The van der Waals surface area contributed by atoms with Gasteiger partial charge < -0.3 is 5.32 Å². The van der Waals surface area contributed by atoms with Gasteiger partial charge in [-0.15, -0.1) is 11.3 Å². The van der Waals surface area contributed by atoms with Crippen LogP contribution in [0.4, 0.5) is 5.69 Å². The van der Waals surface area contributed by atoms with Crippen LogP contribution in [0.1, 0.15) is 21.1 Å². The minimum absolute atomic E-state index is 0.102. The Bertz CT molecular complexity index is 565. The van der Waals surface area contributed by atoms with E-state index in [2.05, 4.69) is 26.2 Å². The molecule has 0 spiro atoms. The van der Waals surface area contributed by atoms with Crippen LogP contribution >= 0.6 is 27.3 Å². The SMILES string of the molecule is Cc1ccc(NC(=O)c2ccc(Br)s2)c(C)n1. The molecule has 0 radical (unpaired) electrons. The molecule has 2 heterocycles. The number of amides is 1. The van der Waals surface area contributed by atoms with E-state index < -0.39 is 0 Å². The molecule has 0 saturated heterocycles. The van der Waals surface area contributed by atoms with E-state index in [1.807, 2.05) is 32.0 Å². The van der Waals surface area contributed by atoms with Crippen LogP contribution in [0.2, 0.25) is 0 Å². The minimum Gasteiger partial charge on any atom is -0.320 e. The molecular weight excluding hydrogens is 300 g/mol. The number of carbonyl (C=O) groups is 1.